The highest BCUT2D eigenvalue weighted by atomic mass is 16.5. The fraction of sp³-hybridized carbons (Fsp3) is 0.500. The molecule has 2 unspecified atom stereocenters. The Bertz CT molecular complexity index is 588. The molecule has 0 saturated carbocycles. The third-order valence-electron chi connectivity index (χ3n) is 4.00. The van der Waals surface area contributed by atoms with Gasteiger partial charge in [0.05, 0.1) is 26.7 Å². The number of aliphatic carboxylic acids is 1. The lowest BCUT2D eigenvalue weighted by molar-refractivity contribution is -0.148. The van der Waals surface area contributed by atoms with E-state index in [-0.39, 0.29) is 18.4 Å². The number of carboxylic acid groups (broad SMARTS) is 1. The molecule has 0 bridgehead atoms. The molecule has 0 aromatic heterocycles. The predicted molar refractivity (Wildman–Crippen MR) is 81.8 cm³/mol. The summed E-state index contributed by atoms with van der Waals surface area (Å²) in [4.78, 5) is 25.2. The Hall–Kier alpha value is -2.28. The minimum absolute atomic E-state index is 0.0978. The Morgan fingerprint density at radius 3 is 2.48 bits per heavy atom. The number of carboxylic acids is 1. The van der Waals surface area contributed by atoms with E-state index in [1.807, 2.05) is 0 Å². The zero-order valence-electron chi connectivity index (χ0n) is 13.4. The first-order valence-electron chi connectivity index (χ1n) is 7.26. The maximum Gasteiger partial charge on any atom is 0.326 e. The summed E-state index contributed by atoms with van der Waals surface area (Å²) in [5.74, 6) is -0.147. The molecule has 0 radical (unpaired) electrons. The van der Waals surface area contributed by atoms with Crippen LogP contribution in [0.5, 0.6) is 11.5 Å². The SMILES string of the molecule is COc1ccc(CC(=O)N2CC(OC)CC2C(=O)O)cc1OC. The molecule has 1 aliphatic rings. The van der Waals surface area contributed by atoms with E-state index in [4.69, 9.17) is 14.2 Å². The normalized spacial score (nSPS) is 20.4. The Labute approximate surface area is 134 Å². The molecule has 23 heavy (non-hydrogen) atoms. The van der Waals surface area contributed by atoms with Gasteiger partial charge in [-0.1, -0.05) is 6.07 Å². The molecule has 0 aliphatic carbocycles. The van der Waals surface area contributed by atoms with Crippen molar-refractivity contribution in [2.75, 3.05) is 27.9 Å². The number of amides is 1. The summed E-state index contributed by atoms with van der Waals surface area (Å²) in [7, 11) is 4.58. The first-order chi connectivity index (χ1) is 11.0. The Balaban J connectivity index is 2.13. The number of rotatable bonds is 6. The van der Waals surface area contributed by atoms with Gasteiger partial charge in [0.25, 0.3) is 0 Å². The summed E-state index contributed by atoms with van der Waals surface area (Å²) in [5, 5.41) is 9.28. The van der Waals surface area contributed by atoms with E-state index >= 15 is 0 Å². The first-order valence-corrected chi connectivity index (χ1v) is 7.26. The van der Waals surface area contributed by atoms with Crippen LogP contribution in [-0.4, -0.2) is 61.9 Å². The van der Waals surface area contributed by atoms with Gasteiger partial charge in [0, 0.05) is 20.1 Å². The van der Waals surface area contributed by atoms with Crippen LogP contribution < -0.4 is 9.47 Å². The van der Waals surface area contributed by atoms with E-state index < -0.39 is 12.0 Å². The number of carbonyl (C=O) groups is 2. The number of likely N-dealkylation sites (tertiary alicyclic amines) is 1. The molecular formula is C16H21NO6. The molecule has 7 nitrogen and oxygen atoms in total. The lowest BCUT2D eigenvalue weighted by Crippen LogP contribution is -2.41. The van der Waals surface area contributed by atoms with Crippen molar-refractivity contribution in [2.45, 2.75) is 25.0 Å². The van der Waals surface area contributed by atoms with Crippen LogP contribution in [0.25, 0.3) is 0 Å². The molecule has 2 rings (SSSR count). The highest BCUT2D eigenvalue weighted by Gasteiger charge is 2.39. The van der Waals surface area contributed by atoms with E-state index in [0.29, 0.717) is 24.5 Å². The second-order valence-corrected chi connectivity index (χ2v) is 5.36. The molecule has 1 aliphatic heterocycles. The van der Waals surface area contributed by atoms with E-state index in [2.05, 4.69) is 0 Å². The van der Waals surface area contributed by atoms with Crippen LogP contribution in [0.2, 0.25) is 0 Å². The van der Waals surface area contributed by atoms with Crippen LogP contribution in [0.1, 0.15) is 12.0 Å². The molecule has 7 heteroatoms. The van der Waals surface area contributed by atoms with Gasteiger partial charge in [0.15, 0.2) is 11.5 Å². The van der Waals surface area contributed by atoms with Crippen LogP contribution >= 0.6 is 0 Å². The lowest BCUT2D eigenvalue weighted by atomic mass is 10.1. The monoisotopic (exact) mass is 323 g/mol. The summed E-state index contributed by atoms with van der Waals surface area (Å²) < 4.78 is 15.6. The molecule has 1 saturated heterocycles. The smallest absolute Gasteiger partial charge is 0.326 e. The summed E-state index contributed by atoms with van der Waals surface area (Å²) in [6.07, 6.45) is 0.162. The summed E-state index contributed by atoms with van der Waals surface area (Å²) in [5.41, 5.74) is 0.734. The highest BCUT2D eigenvalue weighted by Crippen LogP contribution is 2.28. The summed E-state index contributed by atoms with van der Waals surface area (Å²) >= 11 is 0. The van der Waals surface area contributed by atoms with Crippen molar-refractivity contribution < 1.29 is 28.9 Å². The van der Waals surface area contributed by atoms with Crippen molar-refractivity contribution in [3.8, 4) is 11.5 Å². The summed E-state index contributed by atoms with van der Waals surface area (Å²) in [6.45, 7) is 0.291. The largest absolute Gasteiger partial charge is 0.493 e. The predicted octanol–water partition coefficient (Wildman–Crippen LogP) is 0.947. The van der Waals surface area contributed by atoms with Gasteiger partial charge in [-0.05, 0) is 17.7 Å². The fourth-order valence-corrected chi connectivity index (χ4v) is 2.74. The second-order valence-electron chi connectivity index (χ2n) is 5.36. The van der Waals surface area contributed by atoms with Crippen molar-refractivity contribution in [1.82, 2.24) is 4.90 Å². The number of benzene rings is 1. The van der Waals surface area contributed by atoms with Crippen LogP contribution in [0.3, 0.4) is 0 Å². The fourth-order valence-electron chi connectivity index (χ4n) is 2.74. The molecule has 1 aromatic carbocycles. The number of ether oxygens (including phenoxy) is 3. The summed E-state index contributed by atoms with van der Waals surface area (Å²) in [6, 6.07) is 4.36. The maximum atomic E-state index is 12.5. The molecule has 1 aromatic rings. The highest BCUT2D eigenvalue weighted by molar-refractivity contribution is 5.85. The minimum atomic E-state index is -1.01. The maximum absolute atomic E-state index is 12.5. The van der Waals surface area contributed by atoms with Gasteiger partial charge >= 0.3 is 5.97 Å². The van der Waals surface area contributed by atoms with Crippen molar-refractivity contribution in [3.63, 3.8) is 0 Å². The van der Waals surface area contributed by atoms with Crippen LogP contribution in [0.4, 0.5) is 0 Å². The van der Waals surface area contributed by atoms with E-state index in [0.717, 1.165) is 5.56 Å². The van der Waals surface area contributed by atoms with Crippen LogP contribution in [-0.2, 0) is 20.7 Å². The lowest BCUT2D eigenvalue weighted by Gasteiger charge is -2.21. The van der Waals surface area contributed by atoms with Crippen LogP contribution in [0.15, 0.2) is 18.2 Å². The van der Waals surface area contributed by atoms with Gasteiger partial charge in [-0.3, -0.25) is 4.79 Å². The van der Waals surface area contributed by atoms with Crippen molar-refractivity contribution >= 4 is 11.9 Å². The third-order valence-corrected chi connectivity index (χ3v) is 4.00. The second kappa shape index (κ2) is 7.32. The number of nitrogens with zero attached hydrogens (tertiary/aromatic N) is 1. The number of carbonyl (C=O) groups excluding carboxylic acids is 1. The minimum Gasteiger partial charge on any atom is -0.493 e. The zero-order valence-corrected chi connectivity index (χ0v) is 13.4. The van der Waals surface area contributed by atoms with Gasteiger partial charge in [0.1, 0.15) is 6.04 Å². The molecule has 126 valence electrons. The van der Waals surface area contributed by atoms with E-state index in [1.54, 1.807) is 18.2 Å². The third kappa shape index (κ3) is 3.73. The molecule has 2 atom stereocenters. The zero-order chi connectivity index (χ0) is 17.0. The Morgan fingerprint density at radius 1 is 1.22 bits per heavy atom. The average Bonchev–Trinajstić information content (AvgIpc) is 2.99. The molecule has 1 fully saturated rings. The van der Waals surface area contributed by atoms with Gasteiger partial charge in [-0.15, -0.1) is 0 Å². The number of methoxy groups -OCH3 is 3. The van der Waals surface area contributed by atoms with Crippen molar-refractivity contribution in [1.29, 1.82) is 0 Å². The molecule has 0 spiro atoms. The van der Waals surface area contributed by atoms with Gasteiger partial charge < -0.3 is 24.2 Å². The molecule has 1 heterocycles. The molecule has 1 N–H and O–H groups in total. The van der Waals surface area contributed by atoms with Crippen LogP contribution in [0, 0.1) is 0 Å². The van der Waals surface area contributed by atoms with Crippen molar-refractivity contribution in [3.05, 3.63) is 23.8 Å². The topological polar surface area (TPSA) is 85.3 Å². The Kier molecular flexibility index (Phi) is 5.44. The van der Waals surface area contributed by atoms with Crippen molar-refractivity contribution in [2.24, 2.45) is 0 Å². The van der Waals surface area contributed by atoms with Gasteiger partial charge in [-0.25, -0.2) is 4.79 Å². The van der Waals surface area contributed by atoms with E-state index in [1.165, 1.54) is 26.2 Å². The number of hydrogen-bond acceptors (Lipinski definition) is 5. The first kappa shape index (κ1) is 17.1. The quantitative estimate of drug-likeness (QED) is 0.839. The Morgan fingerprint density at radius 2 is 1.91 bits per heavy atom. The standard InChI is InChI=1S/C16H21NO6/c1-21-11-8-12(16(19)20)17(9-11)15(18)7-10-4-5-13(22-2)14(6-10)23-3/h4-6,11-12H,7-9H2,1-3H3,(H,19,20). The molecular weight excluding hydrogens is 302 g/mol. The van der Waals surface area contributed by atoms with Gasteiger partial charge in [-0.2, -0.15) is 0 Å². The van der Waals surface area contributed by atoms with Gasteiger partial charge in [0.2, 0.25) is 5.91 Å². The average molecular weight is 323 g/mol. The number of hydrogen-bond donors (Lipinski definition) is 1. The molecule has 1 amide bonds. The van der Waals surface area contributed by atoms with E-state index in [9.17, 15) is 14.7 Å².